The molecule has 11 heteroatoms. The smallest absolute Gasteiger partial charge is 0.378 e. The SMILES string of the molecule is CC(c1ccc(C(F)(F)F)cc1)N1CCN/C(=C2/CN(C(=O)c3ccc(Cl)c(Cl)c3)CCC2=N)C1=O. The lowest BCUT2D eigenvalue weighted by atomic mass is 9.96. The summed E-state index contributed by atoms with van der Waals surface area (Å²) in [6, 6.07) is 8.85. The van der Waals surface area contributed by atoms with E-state index in [4.69, 9.17) is 28.6 Å². The molecule has 1 atom stereocenters. The average molecular weight is 539 g/mol. The quantitative estimate of drug-likeness (QED) is 0.519. The van der Waals surface area contributed by atoms with Crippen molar-refractivity contribution in [3.05, 3.63) is 80.5 Å². The number of amides is 2. The number of piperazine rings is 1. The first kappa shape index (κ1) is 26.0. The van der Waals surface area contributed by atoms with Crippen LogP contribution in [-0.2, 0) is 11.0 Å². The van der Waals surface area contributed by atoms with E-state index in [1.165, 1.54) is 24.3 Å². The van der Waals surface area contributed by atoms with Crippen LogP contribution in [0.2, 0.25) is 10.0 Å². The van der Waals surface area contributed by atoms with Crippen LogP contribution in [0.1, 0.15) is 40.9 Å². The van der Waals surface area contributed by atoms with Crippen LogP contribution in [0.3, 0.4) is 0 Å². The molecule has 0 spiro atoms. The Morgan fingerprint density at radius 2 is 1.78 bits per heavy atom. The van der Waals surface area contributed by atoms with E-state index in [2.05, 4.69) is 5.32 Å². The topological polar surface area (TPSA) is 76.5 Å². The van der Waals surface area contributed by atoms with Crippen molar-refractivity contribution in [2.45, 2.75) is 25.6 Å². The van der Waals surface area contributed by atoms with E-state index in [0.717, 1.165) is 12.1 Å². The van der Waals surface area contributed by atoms with Gasteiger partial charge < -0.3 is 20.5 Å². The van der Waals surface area contributed by atoms with Gasteiger partial charge in [0, 0.05) is 49.4 Å². The number of carbonyl (C=O) groups is 2. The Bertz CT molecular complexity index is 1240. The number of hydrogen-bond acceptors (Lipinski definition) is 4. The first-order valence-electron chi connectivity index (χ1n) is 11.2. The van der Waals surface area contributed by atoms with E-state index >= 15 is 0 Å². The zero-order valence-corrected chi connectivity index (χ0v) is 20.8. The van der Waals surface area contributed by atoms with Crippen LogP contribution in [0, 0.1) is 5.41 Å². The van der Waals surface area contributed by atoms with Crippen molar-refractivity contribution in [1.82, 2.24) is 15.1 Å². The minimum Gasteiger partial charge on any atom is -0.378 e. The summed E-state index contributed by atoms with van der Waals surface area (Å²) in [7, 11) is 0. The molecule has 2 aliphatic heterocycles. The number of nitrogens with one attached hydrogen (secondary N) is 2. The Labute approximate surface area is 216 Å². The molecule has 2 amide bonds. The van der Waals surface area contributed by atoms with Crippen molar-refractivity contribution in [2.24, 2.45) is 0 Å². The minimum absolute atomic E-state index is 0.0640. The Morgan fingerprint density at radius 1 is 1.08 bits per heavy atom. The number of likely N-dealkylation sites (tertiary alicyclic amines) is 1. The van der Waals surface area contributed by atoms with E-state index < -0.39 is 17.8 Å². The third kappa shape index (κ3) is 5.22. The van der Waals surface area contributed by atoms with Crippen LogP contribution >= 0.6 is 23.2 Å². The Kier molecular flexibility index (Phi) is 7.33. The lowest BCUT2D eigenvalue weighted by Gasteiger charge is -2.37. The molecule has 0 aliphatic carbocycles. The van der Waals surface area contributed by atoms with Crippen LogP contribution in [0.5, 0.6) is 0 Å². The van der Waals surface area contributed by atoms with Crippen molar-refractivity contribution < 1.29 is 22.8 Å². The highest BCUT2D eigenvalue weighted by Gasteiger charge is 2.35. The summed E-state index contributed by atoms with van der Waals surface area (Å²) in [5, 5.41) is 12.1. The number of hydrogen-bond donors (Lipinski definition) is 2. The summed E-state index contributed by atoms with van der Waals surface area (Å²) in [6.45, 7) is 2.88. The third-order valence-electron chi connectivity index (χ3n) is 6.42. The predicted molar refractivity (Wildman–Crippen MR) is 131 cm³/mol. The summed E-state index contributed by atoms with van der Waals surface area (Å²) >= 11 is 12.0. The molecule has 0 saturated carbocycles. The summed E-state index contributed by atoms with van der Waals surface area (Å²) in [6.07, 6.45) is -4.17. The number of halogens is 5. The zero-order valence-electron chi connectivity index (χ0n) is 19.3. The third-order valence-corrected chi connectivity index (χ3v) is 7.16. The Balaban J connectivity index is 1.56. The number of rotatable bonds is 3. The van der Waals surface area contributed by atoms with Gasteiger partial charge in [-0.3, -0.25) is 9.59 Å². The zero-order chi connectivity index (χ0) is 26.2. The Hall–Kier alpha value is -3.04. The number of nitrogens with zero attached hydrogens (tertiary/aromatic N) is 2. The molecule has 0 aromatic heterocycles. The summed E-state index contributed by atoms with van der Waals surface area (Å²) in [5.41, 5.74) is 1.07. The van der Waals surface area contributed by atoms with Crippen molar-refractivity contribution in [3.63, 3.8) is 0 Å². The Morgan fingerprint density at radius 3 is 2.42 bits per heavy atom. The molecule has 2 fully saturated rings. The molecule has 36 heavy (non-hydrogen) atoms. The molecule has 2 saturated heterocycles. The van der Waals surface area contributed by atoms with Gasteiger partial charge in [-0.15, -0.1) is 0 Å². The molecule has 2 aromatic carbocycles. The molecule has 4 rings (SSSR count). The van der Waals surface area contributed by atoms with E-state index in [1.54, 1.807) is 22.8 Å². The minimum atomic E-state index is -4.44. The second-order valence-corrected chi connectivity index (χ2v) is 9.47. The van der Waals surface area contributed by atoms with Gasteiger partial charge in [0.2, 0.25) is 0 Å². The van der Waals surface area contributed by atoms with E-state index in [9.17, 15) is 22.8 Å². The second kappa shape index (κ2) is 10.1. The standard InChI is InChI=1S/C25H23Cl2F3N4O2/c1-14(15-2-5-17(6-3-15)25(28,29)30)34-11-9-32-22(24(34)36)18-13-33(10-8-21(18)31)23(35)16-4-7-19(26)20(27)12-16/h2-7,12,14,31-32H,8-11,13H2,1H3/b22-18-,31-21?. The number of piperidine rings is 1. The van der Waals surface area contributed by atoms with E-state index in [-0.39, 0.29) is 41.2 Å². The van der Waals surface area contributed by atoms with Gasteiger partial charge in [0.1, 0.15) is 5.70 Å². The fourth-order valence-corrected chi connectivity index (χ4v) is 4.63. The van der Waals surface area contributed by atoms with E-state index in [1.807, 2.05) is 0 Å². The molecule has 1 unspecified atom stereocenters. The number of alkyl halides is 3. The van der Waals surface area contributed by atoms with Gasteiger partial charge in [0.25, 0.3) is 11.8 Å². The average Bonchev–Trinajstić information content (AvgIpc) is 2.85. The van der Waals surface area contributed by atoms with Crippen molar-refractivity contribution >= 4 is 40.7 Å². The van der Waals surface area contributed by atoms with Gasteiger partial charge in [-0.2, -0.15) is 13.2 Å². The summed E-state index contributed by atoms with van der Waals surface area (Å²) in [5.74, 6) is -0.658. The van der Waals surface area contributed by atoms with Gasteiger partial charge in [-0.1, -0.05) is 35.3 Å². The van der Waals surface area contributed by atoms with Gasteiger partial charge in [-0.25, -0.2) is 0 Å². The first-order valence-corrected chi connectivity index (χ1v) is 12.0. The van der Waals surface area contributed by atoms with Gasteiger partial charge in [0.05, 0.1) is 21.7 Å². The molecule has 0 radical (unpaired) electrons. The maximum atomic E-state index is 13.4. The summed E-state index contributed by atoms with van der Waals surface area (Å²) < 4.78 is 38.8. The fraction of sp³-hybridized carbons (Fsp3) is 0.320. The normalized spacial score (nSPS) is 19.8. The highest BCUT2D eigenvalue weighted by molar-refractivity contribution is 6.42. The molecule has 190 valence electrons. The molecule has 2 N–H and O–H groups in total. The van der Waals surface area contributed by atoms with E-state index in [0.29, 0.717) is 41.4 Å². The lowest BCUT2D eigenvalue weighted by Crippen LogP contribution is -2.50. The van der Waals surface area contributed by atoms with Crippen molar-refractivity contribution in [2.75, 3.05) is 26.2 Å². The molecule has 2 aromatic rings. The maximum absolute atomic E-state index is 13.4. The highest BCUT2D eigenvalue weighted by Crippen LogP contribution is 2.32. The van der Waals surface area contributed by atoms with Crippen LogP contribution in [-0.4, -0.2) is 53.5 Å². The molecule has 6 nitrogen and oxygen atoms in total. The van der Waals surface area contributed by atoms with Gasteiger partial charge in [0.15, 0.2) is 0 Å². The molecular formula is C25H23Cl2F3N4O2. The van der Waals surface area contributed by atoms with Gasteiger partial charge >= 0.3 is 6.18 Å². The van der Waals surface area contributed by atoms with Crippen LogP contribution < -0.4 is 5.32 Å². The van der Waals surface area contributed by atoms with Gasteiger partial charge in [-0.05, 0) is 42.8 Å². The highest BCUT2D eigenvalue weighted by atomic mass is 35.5. The van der Waals surface area contributed by atoms with Crippen molar-refractivity contribution in [3.8, 4) is 0 Å². The summed E-state index contributed by atoms with van der Waals surface area (Å²) in [4.78, 5) is 29.6. The molecule has 0 bridgehead atoms. The number of benzene rings is 2. The van der Waals surface area contributed by atoms with Crippen LogP contribution in [0.15, 0.2) is 53.7 Å². The van der Waals surface area contributed by atoms with Crippen LogP contribution in [0.25, 0.3) is 0 Å². The number of carbonyl (C=O) groups excluding carboxylic acids is 2. The largest absolute Gasteiger partial charge is 0.416 e. The van der Waals surface area contributed by atoms with Crippen LogP contribution in [0.4, 0.5) is 13.2 Å². The first-order chi connectivity index (χ1) is 17.0. The predicted octanol–water partition coefficient (Wildman–Crippen LogP) is 5.32. The second-order valence-electron chi connectivity index (χ2n) is 8.66. The van der Waals surface area contributed by atoms with Crippen molar-refractivity contribution in [1.29, 1.82) is 5.41 Å². The lowest BCUT2D eigenvalue weighted by molar-refractivity contribution is -0.137. The fourth-order valence-electron chi connectivity index (χ4n) is 4.34. The molecular weight excluding hydrogens is 516 g/mol. The molecule has 2 aliphatic rings. The molecule has 2 heterocycles. The monoisotopic (exact) mass is 538 g/mol. The maximum Gasteiger partial charge on any atom is 0.416 e.